The van der Waals surface area contributed by atoms with Gasteiger partial charge in [-0.25, -0.2) is 0 Å². The van der Waals surface area contributed by atoms with Crippen LogP contribution < -0.4 is 0 Å². The van der Waals surface area contributed by atoms with Crippen molar-refractivity contribution in [1.29, 1.82) is 0 Å². The van der Waals surface area contributed by atoms with Gasteiger partial charge in [0, 0.05) is 13.1 Å². The Balaban J connectivity index is 1.81. The fourth-order valence-electron chi connectivity index (χ4n) is 6.02. The number of rotatable bonds is 8. The van der Waals surface area contributed by atoms with Crippen LogP contribution in [0.25, 0.3) is 0 Å². The Hall–Kier alpha value is -2.19. The van der Waals surface area contributed by atoms with Crippen molar-refractivity contribution in [3.63, 3.8) is 0 Å². The number of aliphatic hydroxyl groups excluding tert-OH is 1. The number of likely N-dealkylation sites (tertiary alicyclic amines) is 1. The molecule has 1 unspecified atom stereocenters. The standard InChI is InChI=1S/C26H38N2O6/c1-4-6-8-13-27-14-10-12-26-21(20-19(34-26)11-7-9-15-33-25(20)32)23(30)28(22(26)24(27)31)18(16-29)17(3)5-2/h7,10-12,17-22,29H,4-6,8-9,13-16H2,1-3H3/t17-,18-,19+,20-,21-,22?,26-/m0/s1. The number of carbonyl (C=O) groups is 3. The van der Waals surface area contributed by atoms with E-state index in [2.05, 4.69) is 6.92 Å². The molecule has 4 aliphatic heterocycles. The van der Waals surface area contributed by atoms with Crippen LogP contribution in [0.5, 0.6) is 0 Å². The van der Waals surface area contributed by atoms with Gasteiger partial charge in [-0.15, -0.1) is 0 Å². The lowest BCUT2D eigenvalue weighted by Gasteiger charge is -2.40. The molecule has 0 radical (unpaired) electrons. The molecule has 8 nitrogen and oxygen atoms in total. The van der Waals surface area contributed by atoms with E-state index >= 15 is 0 Å². The molecule has 188 valence electrons. The first-order valence-corrected chi connectivity index (χ1v) is 12.8. The third kappa shape index (κ3) is 3.98. The Morgan fingerprint density at radius 3 is 2.68 bits per heavy atom. The fraction of sp³-hybridized carbons (Fsp3) is 0.731. The topological polar surface area (TPSA) is 96.4 Å². The van der Waals surface area contributed by atoms with Crippen molar-refractivity contribution in [3.05, 3.63) is 24.3 Å². The second-order valence-electron chi connectivity index (χ2n) is 10.0. The Morgan fingerprint density at radius 2 is 1.97 bits per heavy atom. The summed E-state index contributed by atoms with van der Waals surface area (Å²) in [7, 11) is 0. The first-order chi connectivity index (χ1) is 16.4. The maximum Gasteiger partial charge on any atom is 0.312 e. The highest BCUT2D eigenvalue weighted by Gasteiger charge is 2.72. The average Bonchev–Trinajstić information content (AvgIpc) is 3.20. The van der Waals surface area contributed by atoms with Gasteiger partial charge in [-0.2, -0.15) is 0 Å². The summed E-state index contributed by atoms with van der Waals surface area (Å²) in [6, 6.07) is -1.47. The van der Waals surface area contributed by atoms with Gasteiger partial charge in [0.15, 0.2) is 0 Å². The fourth-order valence-corrected chi connectivity index (χ4v) is 6.02. The quantitative estimate of drug-likeness (QED) is 0.329. The molecule has 4 aliphatic rings. The highest BCUT2D eigenvalue weighted by atomic mass is 16.6. The number of hydrogen-bond acceptors (Lipinski definition) is 6. The van der Waals surface area contributed by atoms with Crippen molar-refractivity contribution in [2.75, 3.05) is 26.3 Å². The Morgan fingerprint density at radius 1 is 1.18 bits per heavy atom. The summed E-state index contributed by atoms with van der Waals surface area (Å²) in [6.45, 7) is 7.11. The van der Waals surface area contributed by atoms with Crippen LogP contribution in [0.3, 0.4) is 0 Å². The minimum atomic E-state index is -1.27. The van der Waals surface area contributed by atoms with Gasteiger partial charge in [0.05, 0.1) is 31.3 Å². The molecule has 1 N–H and O–H groups in total. The number of esters is 1. The third-order valence-corrected chi connectivity index (χ3v) is 8.02. The van der Waals surface area contributed by atoms with Gasteiger partial charge in [0.2, 0.25) is 11.8 Å². The van der Waals surface area contributed by atoms with Crippen LogP contribution in [-0.2, 0) is 23.9 Å². The SMILES string of the molecule is CCCCCN1CC=C[C@]23O[C@@H]4C=CCCOC(=O)[C@@H]4[C@H]2C(=O)N([C@@H](CO)[C@@H](C)CC)C3C1=O. The minimum Gasteiger partial charge on any atom is -0.465 e. The number of cyclic esters (lactones) is 1. The average molecular weight is 475 g/mol. The summed E-state index contributed by atoms with van der Waals surface area (Å²) >= 11 is 0. The van der Waals surface area contributed by atoms with Gasteiger partial charge in [0.25, 0.3) is 0 Å². The number of amides is 2. The lowest BCUT2D eigenvalue weighted by atomic mass is 9.77. The lowest BCUT2D eigenvalue weighted by Crippen LogP contribution is -2.59. The molecule has 2 amide bonds. The van der Waals surface area contributed by atoms with Crippen LogP contribution in [0.4, 0.5) is 0 Å². The molecule has 0 aromatic carbocycles. The molecule has 4 rings (SSSR count). The predicted octanol–water partition coefficient (Wildman–Crippen LogP) is 2.07. The predicted molar refractivity (Wildman–Crippen MR) is 126 cm³/mol. The van der Waals surface area contributed by atoms with Crippen molar-refractivity contribution in [2.24, 2.45) is 17.8 Å². The summed E-state index contributed by atoms with van der Waals surface area (Å²) in [4.78, 5) is 44.6. The van der Waals surface area contributed by atoms with Gasteiger partial charge in [-0.1, -0.05) is 64.3 Å². The zero-order chi connectivity index (χ0) is 24.5. The highest BCUT2D eigenvalue weighted by molar-refractivity contribution is 5.99. The monoisotopic (exact) mass is 474 g/mol. The first-order valence-electron chi connectivity index (χ1n) is 12.8. The van der Waals surface area contributed by atoms with Gasteiger partial charge >= 0.3 is 5.97 Å². The van der Waals surface area contributed by atoms with Gasteiger partial charge in [-0.3, -0.25) is 14.4 Å². The minimum absolute atomic E-state index is 0.0293. The van der Waals surface area contributed by atoms with E-state index in [1.165, 1.54) is 0 Å². The molecular weight excluding hydrogens is 436 g/mol. The normalized spacial score (nSPS) is 34.6. The number of fused-ring (bicyclic) bond motifs is 2. The molecule has 7 atom stereocenters. The largest absolute Gasteiger partial charge is 0.465 e. The van der Waals surface area contributed by atoms with Crippen molar-refractivity contribution in [2.45, 2.75) is 76.7 Å². The Kier molecular flexibility index (Phi) is 7.48. The zero-order valence-electron chi connectivity index (χ0n) is 20.5. The molecule has 0 aliphatic carbocycles. The molecule has 1 spiro atoms. The van der Waals surface area contributed by atoms with Crippen LogP contribution in [0, 0.1) is 17.8 Å². The van der Waals surface area contributed by atoms with Crippen LogP contribution in [0.2, 0.25) is 0 Å². The second kappa shape index (κ2) is 10.2. The van der Waals surface area contributed by atoms with Crippen molar-refractivity contribution in [1.82, 2.24) is 9.80 Å². The van der Waals surface area contributed by atoms with Crippen molar-refractivity contribution in [3.8, 4) is 0 Å². The number of hydrogen-bond donors (Lipinski definition) is 1. The summed E-state index contributed by atoms with van der Waals surface area (Å²) in [5, 5.41) is 10.3. The van der Waals surface area contributed by atoms with E-state index in [1.54, 1.807) is 9.80 Å². The molecule has 0 aromatic rings. The second-order valence-corrected chi connectivity index (χ2v) is 10.0. The molecule has 2 fully saturated rings. The van der Waals surface area contributed by atoms with E-state index in [0.29, 0.717) is 19.5 Å². The molecule has 0 bridgehead atoms. The number of unbranched alkanes of at least 4 members (excludes halogenated alkanes) is 2. The first kappa shape index (κ1) is 24.9. The number of nitrogens with zero attached hydrogens (tertiary/aromatic N) is 2. The van der Waals surface area contributed by atoms with E-state index < -0.39 is 41.6 Å². The van der Waals surface area contributed by atoms with Gasteiger partial charge in [0.1, 0.15) is 17.6 Å². The van der Waals surface area contributed by atoms with Crippen LogP contribution >= 0.6 is 0 Å². The Labute approximate surface area is 201 Å². The molecule has 0 aromatic heterocycles. The van der Waals surface area contributed by atoms with E-state index in [0.717, 1.165) is 25.7 Å². The molecule has 4 heterocycles. The van der Waals surface area contributed by atoms with E-state index in [9.17, 15) is 19.5 Å². The summed E-state index contributed by atoms with van der Waals surface area (Å²) in [5.41, 5.74) is -1.27. The molecular formula is C26H38N2O6. The van der Waals surface area contributed by atoms with Gasteiger partial charge < -0.3 is 24.4 Å². The molecule has 34 heavy (non-hydrogen) atoms. The van der Waals surface area contributed by atoms with E-state index in [-0.39, 0.29) is 30.9 Å². The number of carbonyl (C=O) groups excluding carboxylic acids is 3. The number of aliphatic hydroxyl groups is 1. The van der Waals surface area contributed by atoms with E-state index in [1.807, 2.05) is 38.2 Å². The van der Waals surface area contributed by atoms with Crippen LogP contribution in [0.15, 0.2) is 24.3 Å². The van der Waals surface area contributed by atoms with Crippen LogP contribution in [0.1, 0.15) is 52.9 Å². The Bertz CT molecular complexity index is 856. The van der Waals surface area contributed by atoms with Crippen molar-refractivity contribution >= 4 is 17.8 Å². The summed E-state index contributed by atoms with van der Waals surface area (Å²) < 4.78 is 12.0. The van der Waals surface area contributed by atoms with Gasteiger partial charge in [-0.05, 0) is 18.8 Å². The maximum absolute atomic E-state index is 14.1. The highest BCUT2D eigenvalue weighted by Crippen LogP contribution is 2.54. The summed E-state index contributed by atoms with van der Waals surface area (Å²) in [5.74, 6) is -2.66. The molecule has 8 heteroatoms. The molecule has 0 saturated carbocycles. The van der Waals surface area contributed by atoms with Crippen LogP contribution in [-0.4, -0.2) is 82.8 Å². The smallest absolute Gasteiger partial charge is 0.312 e. The lowest BCUT2D eigenvalue weighted by molar-refractivity contribution is -0.157. The maximum atomic E-state index is 14.1. The third-order valence-electron chi connectivity index (χ3n) is 8.02. The zero-order valence-corrected chi connectivity index (χ0v) is 20.5. The molecule has 2 saturated heterocycles. The number of ether oxygens (including phenoxy) is 2. The summed E-state index contributed by atoms with van der Waals surface area (Å²) in [6.07, 6.45) is 11.1. The van der Waals surface area contributed by atoms with E-state index in [4.69, 9.17) is 9.47 Å². The van der Waals surface area contributed by atoms with Crippen molar-refractivity contribution < 1.29 is 29.0 Å².